The average molecular weight is 428 g/mol. The molecule has 0 N–H and O–H groups in total. The number of unbranched alkanes of at least 4 members (excludes halogenated alkanes) is 10. The molecule has 0 aliphatic heterocycles. The van der Waals surface area contributed by atoms with E-state index in [-0.39, 0.29) is 5.97 Å². The Morgan fingerprint density at radius 3 is 1.57 bits per heavy atom. The van der Waals surface area contributed by atoms with Gasteiger partial charge in [-0.25, -0.2) is 0 Å². The number of esters is 1. The van der Waals surface area contributed by atoms with Crippen molar-refractivity contribution in [1.82, 2.24) is 0 Å². The highest BCUT2D eigenvalue weighted by Crippen LogP contribution is 2.09. The number of halogens is 2. The van der Waals surface area contributed by atoms with E-state index in [0.29, 0.717) is 13.0 Å². The molecule has 0 atom stereocenters. The summed E-state index contributed by atoms with van der Waals surface area (Å²) in [6, 6.07) is 0. The van der Waals surface area contributed by atoms with Crippen molar-refractivity contribution in [2.45, 2.75) is 83.5 Å². The van der Waals surface area contributed by atoms with Crippen LogP contribution in [0.5, 0.6) is 0 Å². The number of carbonyl (C=O) groups is 1. The predicted octanol–water partition coefficient (Wildman–Crippen LogP) is 6.39. The number of carbonyl (C=O) groups excluding carboxylic acids is 1. The quantitative estimate of drug-likeness (QED) is 0.162. The lowest BCUT2D eigenvalue weighted by Gasteiger charge is -2.05. The van der Waals surface area contributed by atoms with Crippen LogP contribution in [0.25, 0.3) is 0 Å². The van der Waals surface area contributed by atoms with Gasteiger partial charge in [-0.2, -0.15) is 0 Å². The van der Waals surface area contributed by atoms with Crippen molar-refractivity contribution in [2.75, 3.05) is 17.3 Å². The van der Waals surface area contributed by atoms with Gasteiger partial charge in [-0.3, -0.25) is 4.79 Å². The minimum absolute atomic E-state index is 0.00666. The normalized spacial score (nSPS) is 10.8. The number of ether oxygens (including phenoxy) is 1. The van der Waals surface area contributed by atoms with Crippen LogP contribution in [0.4, 0.5) is 0 Å². The van der Waals surface area contributed by atoms with Crippen molar-refractivity contribution >= 4 is 37.8 Å². The van der Waals surface area contributed by atoms with Gasteiger partial charge in [0.15, 0.2) is 0 Å². The molecular formula is C17H32Br2O2. The third-order valence-electron chi connectivity index (χ3n) is 3.56. The fourth-order valence-corrected chi connectivity index (χ4v) is 3.03. The van der Waals surface area contributed by atoms with Gasteiger partial charge in [0.05, 0.1) is 6.61 Å². The first kappa shape index (κ1) is 21.4. The van der Waals surface area contributed by atoms with Crippen LogP contribution in [-0.2, 0) is 9.53 Å². The maximum Gasteiger partial charge on any atom is 0.305 e. The summed E-state index contributed by atoms with van der Waals surface area (Å²) in [5.74, 6) is -0.00666. The van der Waals surface area contributed by atoms with E-state index in [1.54, 1.807) is 0 Å². The van der Waals surface area contributed by atoms with Crippen LogP contribution in [0.15, 0.2) is 0 Å². The van der Waals surface area contributed by atoms with Crippen LogP contribution >= 0.6 is 31.9 Å². The molecule has 0 spiro atoms. The second kappa shape index (κ2) is 18.5. The molecular weight excluding hydrogens is 396 g/mol. The molecule has 0 amide bonds. The van der Waals surface area contributed by atoms with Gasteiger partial charge in [-0.05, 0) is 25.7 Å². The van der Waals surface area contributed by atoms with E-state index in [4.69, 9.17) is 4.74 Å². The van der Waals surface area contributed by atoms with Crippen LogP contribution in [0.2, 0.25) is 0 Å². The third kappa shape index (κ3) is 18.4. The van der Waals surface area contributed by atoms with E-state index in [1.165, 1.54) is 57.8 Å². The third-order valence-corrected chi connectivity index (χ3v) is 4.68. The van der Waals surface area contributed by atoms with E-state index < -0.39 is 0 Å². The fourth-order valence-electron chi connectivity index (χ4n) is 2.23. The first-order valence-electron chi connectivity index (χ1n) is 8.58. The molecule has 0 aliphatic rings. The summed E-state index contributed by atoms with van der Waals surface area (Å²) in [6.45, 7) is 0.615. The van der Waals surface area contributed by atoms with Gasteiger partial charge in [0.1, 0.15) is 0 Å². The Labute approximate surface area is 148 Å². The van der Waals surface area contributed by atoms with E-state index in [2.05, 4.69) is 31.9 Å². The second-order valence-electron chi connectivity index (χ2n) is 5.59. The molecule has 0 radical (unpaired) electrons. The van der Waals surface area contributed by atoms with Crippen molar-refractivity contribution < 1.29 is 9.53 Å². The Bertz CT molecular complexity index is 223. The van der Waals surface area contributed by atoms with E-state index in [0.717, 1.165) is 29.9 Å². The molecule has 0 bridgehead atoms. The van der Waals surface area contributed by atoms with Gasteiger partial charge in [-0.1, -0.05) is 83.2 Å². The molecule has 2 nitrogen and oxygen atoms in total. The second-order valence-corrected chi connectivity index (χ2v) is 7.18. The number of hydrogen-bond acceptors (Lipinski definition) is 2. The van der Waals surface area contributed by atoms with Gasteiger partial charge in [-0.15, -0.1) is 0 Å². The average Bonchev–Trinajstić information content (AvgIpc) is 2.49. The summed E-state index contributed by atoms with van der Waals surface area (Å²) in [5.41, 5.74) is 0. The molecule has 4 heteroatoms. The Kier molecular flexibility index (Phi) is 18.9. The molecule has 0 aromatic carbocycles. The van der Waals surface area contributed by atoms with Crippen molar-refractivity contribution in [3.05, 3.63) is 0 Å². The van der Waals surface area contributed by atoms with Crippen molar-refractivity contribution in [3.8, 4) is 0 Å². The van der Waals surface area contributed by atoms with Gasteiger partial charge in [0.25, 0.3) is 0 Å². The van der Waals surface area contributed by atoms with E-state index in [9.17, 15) is 4.79 Å². The molecule has 0 saturated carbocycles. The minimum Gasteiger partial charge on any atom is -0.466 e. The van der Waals surface area contributed by atoms with Crippen LogP contribution in [-0.4, -0.2) is 23.2 Å². The van der Waals surface area contributed by atoms with E-state index in [1.807, 2.05) is 0 Å². The highest BCUT2D eigenvalue weighted by Gasteiger charge is 2.02. The predicted molar refractivity (Wildman–Crippen MR) is 98.6 cm³/mol. The number of alkyl halides is 2. The summed E-state index contributed by atoms with van der Waals surface area (Å²) in [6.07, 6.45) is 15.2. The first-order chi connectivity index (χ1) is 10.3. The lowest BCUT2D eigenvalue weighted by Crippen LogP contribution is -2.05. The van der Waals surface area contributed by atoms with E-state index >= 15 is 0 Å². The largest absolute Gasteiger partial charge is 0.466 e. The highest BCUT2D eigenvalue weighted by molar-refractivity contribution is 9.09. The topological polar surface area (TPSA) is 26.3 Å². The highest BCUT2D eigenvalue weighted by atomic mass is 79.9. The molecule has 0 aromatic rings. The maximum atomic E-state index is 11.5. The summed E-state index contributed by atoms with van der Waals surface area (Å²) < 4.78 is 5.26. The minimum atomic E-state index is -0.00666. The molecule has 0 saturated heterocycles. The molecule has 21 heavy (non-hydrogen) atoms. The van der Waals surface area contributed by atoms with Crippen molar-refractivity contribution in [2.24, 2.45) is 0 Å². The van der Waals surface area contributed by atoms with Crippen LogP contribution in [0.3, 0.4) is 0 Å². The zero-order valence-corrected chi connectivity index (χ0v) is 16.6. The molecule has 0 fully saturated rings. The number of hydrogen-bond donors (Lipinski definition) is 0. The smallest absolute Gasteiger partial charge is 0.305 e. The number of rotatable bonds is 16. The zero-order chi connectivity index (χ0) is 15.6. The first-order valence-corrected chi connectivity index (χ1v) is 10.8. The molecule has 0 rings (SSSR count). The summed E-state index contributed by atoms with van der Waals surface area (Å²) >= 11 is 6.88. The standard InChI is InChI=1S/C17H32Br2O2/c18-14-10-6-2-1-3-8-12-16-21-17(20)13-9-5-4-7-11-15-19/h1-16H2. The van der Waals surface area contributed by atoms with Crippen LogP contribution in [0, 0.1) is 0 Å². The molecule has 0 aromatic heterocycles. The van der Waals surface area contributed by atoms with Crippen molar-refractivity contribution in [1.29, 1.82) is 0 Å². The molecule has 0 heterocycles. The van der Waals surface area contributed by atoms with Gasteiger partial charge in [0, 0.05) is 17.1 Å². The Morgan fingerprint density at radius 1 is 0.619 bits per heavy atom. The van der Waals surface area contributed by atoms with Crippen LogP contribution < -0.4 is 0 Å². The molecule has 126 valence electrons. The molecule has 0 unspecified atom stereocenters. The lowest BCUT2D eigenvalue weighted by atomic mass is 10.1. The summed E-state index contributed by atoms with van der Waals surface area (Å²) in [4.78, 5) is 11.5. The van der Waals surface area contributed by atoms with Gasteiger partial charge >= 0.3 is 5.97 Å². The molecule has 0 aliphatic carbocycles. The monoisotopic (exact) mass is 426 g/mol. The maximum absolute atomic E-state index is 11.5. The summed E-state index contributed by atoms with van der Waals surface area (Å²) in [7, 11) is 0. The summed E-state index contributed by atoms with van der Waals surface area (Å²) in [5, 5.41) is 2.21. The van der Waals surface area contributed by atoms with Crippen molar-refractivity contribution in [3.63, 3.8) is 0 Å². The SMILES string of the molecule is O=C(CCCCCCCBr)OCCCCCCCCCBr. The van der Waals surface area contributed by atoms with Gasteiger partial charge in [0.2, 0.25) is 0 Å². The van der Waals surface area contributed by atoms with Crippen LogP contribution in [0.1, 0.15) is 83.5 Å². The Balaban J connectivity index is 3.12. The lowest BCUT2D eigenvalue weighted by molar-refractivity contribution is -0.143. The zero-order valence-electron chi connectivity index (χ0n) is 13.4. The van der Waals surface area contributed by atoms with Gasteiger partial charge < -0.3 is 4.74 Å². The Morgan fingerprint density at radius 2 is 1.05 bits per heavy atom. The fraction of sp³-hybridized carbons (Fsp3) is 0.941. The Hall–Kier alpha value is 0.430.